The maximum atomic E-state index is 10.7. The van der Waals surface area contributed by atoms with Gasteiger partial charge in [-0.2, -0.15) is 0 Å². The van der Waals surface area contributed by atoms with Crippen LogP contribution in [0.2, 0.25) is 0 Å². The maximum absolute atomic E-state index is 10.7. The molecule has 0 amide bonds. The van der Waals surface area contributed by atoms with Gasteiger partial charge in [0, 0.05) is 21.7 Å². The van der Waals surface area contributed by atoms with E-state index in [1.54, 1.807) is 7.11 Å². The molecule has 0 fully saturated rings. The summed E-state index contributed by atoms with van der Waals surface area (Å²) in [7, 11) is 1.75. The molecule has 0 saturated carbocycles. The van der Waals surface area contributed by atoms with Crippen molar-refractivity contribution in [2.45, 2.75) is 77.0 Å². The van der Waals surface area contributed by atoms with E-state index in [0.29, 0.717) is 5.75 Å². The Morgan fingerprint density at radius 2 is 0.520 bits per heavy atom. The molecule has 10 aromatic carbocycles. The molecule has 4 aliphatic carbocycles. The summed E-state index contributed by atoms with van der Waals surface area (Å²) < 4.78 is 5.75. The molecule has 1 N–H and O–H groups in total. The van der Waals surface area contributed by atoms with Crippen molar-refractivity contribution in [3.63, 3.8) is 0 Å². The van der Waals surface area contributed by atoms with E-state index in [-0.39, 0.29) is 21.7 Å². The maximum Gasteiger partial charge on any atom is 0.119 e. The van der Waals surface area contributed by atoms with Gasteiger partial charge < -0.3 is 9.84 Å². The van der Waals surface area contributed by atoms with Crippen LogP contribution in [-0.2, 0) is 21.7 Å². The fraction of sp³-hybridized carbons (Fsp3) is 0.178. The second kappa shape index (κ2) is 15.7. The van der Waals surface area contributed by atoms with Crippen molar-refractivity contribution in [1.29, 1.82) is 0 Å². The molecule has 0 aromatic heterocycles. The van der Waals surface area contributed by atoms with Crippen molar-refractivity contribution in [2.24, 2.45) is 0 Å². The van der Waals surface area contributed by atoms with Crippen LogP contribution in [0.25, 0.3) is 100 Å². The molecule has 14 rings (SSSR count). The lowest BCUT2D eigenvalue weighted by atomic mass is 9.80. The van der Waals surface area contributed by atoms with Crippen LogP contribution in [-0.4, -0.2) is 12.2 Å². The minimum absolute atomic E-state index is 0.129. The van der Waals surface area contributed by atoms with E-state index in [4.69, 9.17) is 4.74 Å². The van der Waals surface area contributed by atoms with E-state index in [0.717, 1.165) is 22.4 Å². The number of phenols is 1. The average molecular weight is 969 g/mol. The third-order valence-electron chi connectivity index (χ3n) is 18.2. The van der Waals surface area contributed by atoms with Gasteiger partial charge in [0.05, 0.1) is 7.11 Å². The lowest BCUT2D eigenvalue weighted by Gasteiger charge is -2.23. The van der Waals surface area contributed by atoms with E-state index in [1.807, 2.05) is 12.1 Å². The lowest BCUT2D eigenvalue weighted by Crippen LogP contribution is -2.15. The van der Waals surface area contributed by atoms with Crippen LogP contribution in [0, 0.1) is 0 Å². The van der Waals surface area contributed by atoms with Gasteiger partial charge in [0.2, 0.25) is 0 Å². The zero-order valence-corrected chi connectivity index (χ0v) is 44.3. The highest BCUT2D eigenvalue weighted by Crippen LogP contribution is 2.55. The van der Waals surface area contributed by atoms with E-state index < -0.39 is 0 Å². The van der Waals surface area contributed by atoms with Crippen LogP contribution in [0.1, 0.15) is 99.9 Å². The summed E-state index contributed by atoms with van der Waals surface area (Å²) in [6, 6.07) is 73.2. The predicted molar refractivity (Wildman–Crippen MR) is 312 cm³/mol. The Balaban J connectivity index is 0.981. The summed E-state index contributed by atoms with van der Waals surface area (Å²) >= 11 is 0. The molecule has 0 heterocycles. The second-order valence-corrected chi connectivity index (χ2v) is 23.9. The number of methoxy groups -OCH3 is 1. The molecule has 2 nitrogen and oxygen atoms in total. The molecular formula is C73H60O2. The Morgan fingerprint density at radius 1 is 0.253 bits per heavy atom. The Hall–Kier alpha value is -8.20. The van der Waals surface area contributed by atoms with Crippen molar-refractivity contribution in [3.8, 4) is 112 Å². The first-order valence-corrected chi connectivity index (χ1v) is 26.6. The van der Waals surface area contributed by atoms with Crippen molar-refractivity contribution in [1.82, 2.24) is 0 Å². The van der Waals surface area contributed by atoms with Crippen molar-refractivity contribution >= 4 is 0 Å². The molecule has 0 aliphatic heterocycles. The van der Waals surface area contributed by atoms with Gasteiger partial charge in [-0.3, -0.25) is 0 Å². The third kappa shape index (κ3) is 6.58. The monoisotopic (exact) mass is 968 g/mol. The Labute approximate surface area is 442 Å². The van der Waals surface area contributed by atoms with Gasteiger partial charge in [0.15, 0.2) is 0 Å². The molecule has 75 heavy (non-hydrogen) atoms. The van der Waals surface area contributed by atoms with Crippen molar-refractivity contribution in [2.75, 3.05) is 7.11 Å². The summed E-state index contributed by atoms with van der Waals surface area (Å²) in [6.45, 7) is 18.8. The molecule has 0 unspecified atom stereocenters. The minimum atomic E-state index is -0.288. The molecule has 0 spiro atoms. The summed E-state index contributed by atoms with van der Waals surface area (Å²) in [4.78, 5) is 0. The third-order valence-corrected chi connectivity index (χ3v) is 18.2. The summed E-state index contributed by atoms with van der Waals surface area (Å²) in [5.41, 5.74) is 31.9. The van der Waals surface area contributed by atoms with Crippen molar-refractivity contribution in [3.05, 3.63) is 239 Å². The van der Waals surface area contributed by atoms with E-state index in [9.17, 15) is 5.11 Å². The fourth-order valence-electron chi connectivity index (χ4n) is 14.0. The molecule has 0 saturated heterocycles. The van der Waals surface area contributed by atoms with E-state index in [1.165, 1.54) is 128 Å². The summed E-state index contributed by atoms with van der Waals surface area (Å²) in [6.07, 6.45) is 0. The zero-order valence-electron chi connectivity index (χ0n) is 44.3. The zero-order chi connectivity index (χ0) is 51.5. The number of fused-ring (bicyclic) bond motifs is 12. The number of hydrogen-bond donors (Lipinski definition) is 1. The lowest BCUT2D eigenvalue weighted by molar-refractivity contribution is 0.413. The number of phenolic OH excluding ortho intramolecular Hbond substituents is 1. The largest absolute Gasteiger partial charge is 0.508 e. The highest BCUT2D eigenvalue weighted by Gasteiger charge is 2.39. The topological polar surface area (TPSA) is 29.5 Å². The van der Waals surface area contributed by atoms with Gasteiger partial charge in [0.25, 0.3) is 0 Å². The van der Waals surface area contributed by atoms with Gasteiger partial charge in [-0.1, -0.05) is 165 Å². The predicted octanol–water partition coefficient (Wildman–Crippen LogP) is 19.0. The van der Waals surface area contributed by atoms with Gasteiger partial charge in [-0.05, 0) is 230 Å². The van der Waals surface area contributed by atoms with Crippen LogP contribution >= 0.6 is 0 Å². The normalized spacial score (nSPS) is 15.7. The SMILES string of the molecule is COc1ccc2c(c1)C(C)(C)c1cc(-c3cc(-c4cc(-c5ccc6c(c5)C(C)(C)c5ccccc5-6)cc(-c5ccc6c(c5)C(C)(C)c5ccccc5-6)c4)cc(-c4ccc5c(c4)C(C)(C)c4cc(O)ccc4-5)c3)ccc1-2. The summed E-state index contributed by atoms with van der Waals surface area (Å²) in [5.74, 6) is 1.18. The fourth-order valence-corrected chi connectivity index (χ4v) is 14.0. The molecule has 0 bridgehead atoms. The smallest absolute Gasteiger partial charge is 0.119 e. The van der Waals surface area contributed by atoms with Crippen LogP contribution in [0.4, 0.5) is 0 Å². The first kappa shape index (κ1) is 45.4. The van der Waals surface area contributed by atoms with E-state index >= 15 is 0 Å². The number of ether oxygens (including phenoxy) is 1. The number of benzene rings is 10. The van der Waals surface area contributed by atoms with Crippen LogP contribution in [0.3, 0.4) is 0 Å². The van der Waals surface area contributed by atoms with Gasteiger partial charge in [-0.15, -0.1) is 0 Å². The Kier molecular flexibility index (Phi) is 9.49. The van der Waals surface area contributed by atoms with Crippen molar-refractivity contribution < 1.29 is 9.84 Å². The minimum Gasteiger partial charge on any atom is -0.508 e. The highest BCUT2D eigenvalue weighted by molar-refractivity contribution is 5.92. The quantitative estimate of drug-likeness (QED) is 0.180. The van der Waals surface area contributed by atoms with Crippen LogP contribution < -0.4 is 4.74 Å². The molecule has 364 valence electrons. The van der Waals surface area contributed by atoms with E-state index in [2.05, 4.69) is 237 Å². The number of hydrogen-bond acceptors (Lipinski definition) is 2. The number of rotatable bonds is 6. The molecule has 10 aromatic rings. The molecule has 0 radical (unpaired) electrons. The highest BCUT2D eigenvalue weighted by atomic mass is 16.5. The number of aromatic hydroxyl groups is 1. The first-order chi connectivity index (χ1) is 36.0. The van der Waals surface area contributed by atoms with Gasteiger partial charge >= 0.3 is 0 Å². The molecule has 0 atom stereocenters. The van der Waals surface area contributed by atoms with Crippen LogP contribution in [0.15, 0.2) is 194 Å². The standard InChI is InChI=1S/C73H60O2/c1-70(2)62-16-12-10-14-54(62)56-24-18-42(36-64(56)70)46-30-47(43-19-25-57-55-15-11-13-17-63(55)71(3,4)65(57)37-43)33-50(32-46)51-34-48(44-20-26-58-60-28-22-52(74)40-68(60)72(5,6)66(58)38-44)31-49(35-51)45-21-27-59-61-29-23-53(75-9)41-69(61)73(7,8)67(59)39-45/h10-41,74H,1-9H3. The molecule has 4 aliphatic rings. The Bertz CT molecular complexity index is 3990. The molecular weight excluding hydrogens is 909 g/mol. The van der Waals surface area contributed by atoms with Crippen LogP contribution in [0.5, 0.6) is 11.5 Å². The van der Waals surface area contributed by atoms with Gasteiger partial charge in [-0.25, -0.2) is 0 Å². The second-order valence-electron chi connectivity index (χ2n) is 23.9. The molecule has 2 heteroatoms. The van der Waals surface area contributed by atoms with Gasteiger partial charge in [0.1, 0.15) is 11.5 Å². The summed E-state index contributed by atoms with van der Waals surface area (Å²) in [5, 5.41) is 10.7. The Morgan fingerprint density at radius 3 is 0.880 bits per heavy atom. The first-order valence-electron chi connectivity index (χ1n) is 26.6. The average Bonchev–Trinajstić information content (AvgIpc) is 4.01.